The van der Waals surface area contributed by atoms with Gasteiger partial charge in [-0.25, -0.2) is 4.98 Å². The number of rotatable bonds is 4. The van der Waals surface area contributed by atoms with Crippen molar-refractivity contribution in [2.75, 3.05) is 10.6 Å². The molecule has 0 aliphatic carbocycles. The average Bonchev–Trinajstić information content (AvgIpc) is 3.06. The van der Waals surface area contributed by atoms with Crippen molar-refractivity contribution in [3.63, 3.8) is 0 Å². The third-order valence-electron chi connectivity index (χ3n) is 4.75. The summed E-state index contributed by atoms with van der Waals surface area (Å²) in [5.74, 6) is 1.09. The summed E-state index contributed by atoms with van der Waals surface area (Å²) >= 11 is 0. The lowest BCUT2D eigenvalue weighted by Crippen LogP contribution is -2.05. The van der Waals surface area contributed by atoms with Gasteiger partial charge in [0.2, 0.25) is 5.95 Å². The number of benzene rings is 2. The average molecular weight is 383 g/mol. The number of hydrogen-bond acceptors (Lipinski definition) is 6. The largest absolute Gasteiger partial charge is 0.338 e. The Balaban J connectivity index is 1.76. The zero-order valence-electron chi connectivity index (χ0n) is 16.8. The maximum atomic E-state index is 8.97. The molecule has 0 fully saturated rings. The first-order valence-corrected chi connectivity index (χ1v) is 9.25. The third-order valence-corrected chi connectivity index (χ3v) is 4.75. The van der Waals surface area contributed by atoms with Crippen molar-refractivity contribution in [1.82, 2.24) is 19.5 Å². The molecule has 4 rings (SSSR count). The smallest absolute Gasteiger partial charge is 0.231 e. The molecule has 7 heteroatoms. The van der Waals surface area contributed by atoms with Crippen molar-refractivity contribution >= 4 is 34.3 Å². The summed E-state index contributed by atoms with van der Waals surface area (Å²) in [5, 5.41) is 15.6. The molecule has 0 amide bonds. The minimum absolute atomic E-state index is 0.454. The quantitative estimate of drug-likeness (QED) is 0.533. The number of hydrogen-bond donors (Lipinski definition) is 2. The van der Waals surface area contributed by atoms with Crippen LogP contribution >= 0.6 is 0 Å². The summed E-state index contributed by atoms with van der Waals surface area (Å²) in [6, 6.07) is 13.6. The fourth-order valence-corrected chi connectivity index (χ4v) is 3.40. The lowest BCUT2D eigenvalue weighted by Gasteiger charge is -2.15. The second-order valence-electron chi connectivity index (χ2n) is 7.14. The molecule has 0 atom stereocenters. The van der Waals surface area contributed by atoms with Gasteiger partial charge >= 0.3 is 0 Å². The van der Waals surface area contributed by atoms with Crippen molar-refractivity contribution in [2.45, 2.75) is 20.8 Å². The van der Waals surface area contributed by atoms with E-state index in [1.807, 2.05) is 23.7 Å². The van der Waals surface area contributed by atoms with E-state index >= 15 is 0 Å². The number of fused-ring (bicyclic) bond motifs is 1. The normalized spacial score (nSPS) is 10.7. The van der Waals surface area contributed by atoms with Crippen molar-refractivity contribution < 1.29 is 0 Å². The molecule has 0 bridgehead atoms. The highest BCUT2D eigenvalue weighted by molar-refractivity contribution is 5.87. The fourth-order valence-electron chi connectivity index (χ4n) is 3.40. The predicted octanol–water partition coefficient (Wildman–Crippen LogP) is 4.65. The van der Waals surface area contributed by atoms with E-state index in [0.717, 1.165) is 28.1 Å². The number of anilines is 4. The van der Waals surface area contributed by atoms with E-state index < -0.39 is 0 Å². The Hall–Kier alpha value is -3.92. The molecule has 2 aromatic heterocycles. The molecule has 4 aromatic rings. The maximum Gasteiger partial charge on any atom is 0.231 e. The molecule has 2 N–H and O–H groups in total. The summed E-state index contributed by atoms with van der Waals surface area (Å²) in [7, 11) is 1.90. The minimum atomic E-state index is 0.454. The lowest BCUT2D eigenvalue weighted by molar-refractivity contribution is 0.929. The molecule has 2 heterocycles. The first kappa shape index (κ1) is 18.4. The monoisotopic (exact) mass is 383 g/mol. The number of nitriles is 1. The van der Waals surface area contributed by atoms with Crippen LogP contribution in [-0.2, 0) is 7.05 Å². The summed E-state index contributed by atoms with van der Waals surface area (Å²) < 4.78 is 1.86. The van der Waals surface area contributed by atoms with Crippen LogP contribution in [0.15, 0.2) is 42.7 Å². The molecule has 0 aliphatic rings. The van der Waals surface area contributed by atoms with Crippen LogP contribution in [0.2, 0.25) is 0 Å². The van der Waals surface area contributed by atoms with E-state index in [1.165, 1.54) is 5.56 Å². The second kappa shape index (κ2) is 7.24. The molecule has 2 aromatic carbocycles. The summed E-state index contributed by atoms with van der Waals surface area (Å²) in [5.41, 5.74) is 7.37. The Morgan fingerprint density at radius 1 is 0.966 bits per heavy atom. The van der Waals surface area contributed by atoms with E-state index in [2.05, 4.69) is 64.6 Å². The molecule has 0 radical (unpaired) electrons. The Bertz CT molecular complexity index is 1220. The van der Waals surface area contributed by atoms with Crippen LogP contribution in [0.5, 0.6) is 0 Å². The van der Waals surface area contributed by atoms with E-state index in [0.29, 0.717) is 22.8 Å². The Morgan fingerprint density at radius 2 is 1.66 bits per heavy atom. The Kier molecular flexibility index (Phi) is 4.61. The highest BCUT2D eigenvalue weighted by atomic mass is 15.2. The summed E-state index contributed by atoms with van der Waals surface area (Å²) in [6.45, 7) is 6.25. The molecular formula is C22H21N7. The van der Waals surface area contributed by atoms with Gasteiger partial charge in [0.1, 0.15) is 0 Å². The zero-order valence-corrected chi connectivity index (χ0v) is 16.8. The third kappa shape index (κ3) is 3.60. The van der Waals surface area contributed by atoms with E-state index in [4.69, 9.17) is 5.26 Å². The van der Waals surface area contributed by atoms with Crippen molar-refractivity contribution in [3.8, 4) is 6.07 Å². The number of aryl methyl sites for hydroxylation is 4. The van der Waals surface area contributed by atoms with Gasteiger partial charge in [-0.05, 0) is 56.2 Å². The predicted molar refractivity (Wildman–Crippen MR) is 115 cm³/mol. The van der Waals surface area contributed by atoms with Crippen LogP contribution in [0.4, 0.5) is 23.1 Å². The van der Waals surface area contributed by atoms with Crippen LogP contribution < -0.4 is 10.6 Å². The van der Waals surface area contributed by atoms with Crippen LogP contribution in [0.25, 0.3) is 11.2 Å². The van der Waals surface area contributed by atoms with Gasteiger partial charge in [-0.2, -0.15) is 15.2 Å². The number of nitrogens with zero attached hydrogens (tertiary/aromatic N) is 5. The van der Waals surface area contributed by atoms with Crippen molar-refractivity contribution in [1.29, 1.82) is 5.26 Å². The standard InChI is InChI=1S/C22H21N7/c1-13-9-14(2)18(15(3)10-13)26-20-19-21(29(4)12-24-19)28-22(27-20)25-17-7-5-16(11-23)6-8-17/h5-10,12H,1-4H3,(H2,25,26,27,28). The maximum absolute atomic E-state index is 8.97. The SMILES string of the molecule is Cc1cc(C)c(Nc2nc(Nc3ccc(C#N)cc3)nc3c2ncn3C)c(C)c1. The van der Waals surface area contributed by atoms with Gasteiger partial charge in [0.15, 0.2) is 17.0 Å². The van der Waals surface area contributed by atoms with Crippen LogP contribution in [0, 0.1) is 32.1 Å². The van der Waals surface area contributed by atoms with E-state index in [-0.39, 0.29) is 0 Å². The number of nitrogens with one attached hydrogen (secondary N) is 2. The molecule has 7 nitrogen and oxygen atoms in total. The van der Waals surface area contributed by atoms with Gasteiger partial charge in [0.25, 0.3) is 0 Å². The van der Waals surface area contributed by atoms with Crippen molar-refractivity contribution in [3.05, 3.63) is 65.0 Å². The molecule has 29 heavy (non-hydrogen) atoms. The van der Waals surface area contributed by atoms with E-state index in [9.17, 15) is 0 Å². The van der Waals surface area contributed by atoms with Crippen molar-refractivity contribution in [2.24, 2.45) is 7.05 Å². The van der Waals surface area contributed by atoms with Gasteiger partial charge in [-0.15, -0.1) is 0 Å². The Morgan fingerprint density at radius 3 is 2.31 bits per heavy atom. The molecule has 0 unspecified atom stereocenters. The molecule has 0 aliphatic heterocycles. The zero-order chi connectivity index (χ0) is 20.5. The van der Waals surface area contributed by atoms with Crippen LogP contribution in [-0.4, -0.2) is 19.5 Å². The molecular weight excluding hydrogens is 362 g/mol. The van der Waals surface area contributed by atoms with Crippen LogP contribution in [0.1, 0.15) is 22.3 Å². The van der Waals surface area contributed by atoms with Gasteiger partial charge in [0, 0.05) is 18.4 Å². The van der Waals surface area contributed by atoms with Gasteiger partial charge in [-0.3, -0.25) is 0 Å². The van der Waals surface area contributed by atoms with Crippen LogP contribution in [0.3, 0.4) is 0 Å². The number of aromatic nitrogens is 4. The van der Waals surface area contributed by atoms with Gasteiger partial charge in [0.05, 0.1) is 18.0 Å². The van der Waals surface area contributed by atoms with E-state index in [1.54, 1.807) is 18.5 Å². The lowest BCUT2D eigenvalue weighted by atomic mass is 10.1. The molecule has 0 saturated heterocycles. The van der Waals surface area contributed by atoms with Gasteiger partial charge in [-0.1, -0.05) is 17.7 Å². The molecule has 144 valence electrons. The summed E-state index contributed by atoms with van der Waals surface area (Å²) in [4.78, 5) is 13.8. The molecule has 0 saturated carbocycles. The first-order valence-electron chi connectivity index (χ1n) is 9.25. The molecule has 0 spiro atoms. The first-order chi connectivity index (χ1) is 13.9. The fraction of sp³-hybridized carbons (Fsp3) is 0.182. The summed E-state index contributed by atoms with van der Waals surface area (Å²) in [6.07, 6.45) is 1.73. The second-order valence-corrected chi connectivity index (χ2v) is 7.14. The highest BCUT2D eigenvalue weighted by Crippen LogP contribution is 2.29. The minimum Gasteiger partial charge on any atom is -0.338 e. The van der Waals surface area contributed by atoms with Gasteiger partial charge < -0.3 is 15.2 Å². The topological polar surface area (TPSA) is 91.4 Å². The number of imidazole rings is 1. The Labute approximate surface area is 169 Å². The highest BCUT2D eigenvalue weighted by Gasteiger charge is 2.14.